The summed E-state index contributed by atoms with van der Waals surface area (Å²) < 4.78 is 7.63. The Labute approximate surface area is 219 Å². The number of nitrogens with one attached hydrogen (secondary N) is 2. The number of aliphatic hydroxyl groups excluding tert-OH is 1. The molecule has 9 nitrogen and oxygen atoms in total. The van der Waals surface area contributed by atoms with Crippen LogP contribution in [0, 0.1) is 5.92 Å². The highest BCUT2D eigenvalue weighted by Crippen LogP contribution is 2.42. The molecule has 2 aromatic heterocycles. The SMILES string of the molecule is Cn1c(=O)c2c(c3cc(Nc4nc(N5C6CCC5CC(O)C6)ncc4Cl)ccc31)NC(C1CC1)CCO2. The molecule has 3 unspecified atom stereocenters. The smallest absolute Gasteiger partial charge is 0.295 e. The van der Waals surface area contributed by atoms with Gasteiger partial charge in [0.2, 0.25) is 11.7 Å². The molecule has 3 aromatic rings. The fourth-order valence-corrected chi connectivity index (χ4v) is 6.59. The van der Waals surface area contributed by atoms with E-state index in [0.717, 1.165) is 54.4 Å². The zero-order valence-corrected chi connectivity index (χ0v) is 21.5. The van der Waals surface area contributed by atoms with Crippen LogP contribution in [0.3, 0.4) is 0 Å². The summed E-state index contributed by atoms with van der Waals surface area (Å²) in [4.78, 5) is 24.7. The number of benzene rings is 1. The van der Waals surface area contributed by atoms with Crippen LogP contribution in [0.25, 0.3) is 10.9 Å². The average molecular weight is 523 g/mol. The number of rotatable bonds is 4. The third kappa shape index (κ3) is 3.99. The Bertz CT molecular complexity index is 1430. The van der Waals surface area contributed by atoms with Crippen molar-refractivity contribution in [2.24, 2.45) is 13.0 Å². The van der Waals surface area contributed by atoms with E-state index >= 15 is 0 Å². The van der Waals surface area contributed by atoms with Crippen molar-refractivity contribution in [3.05, 3.63) is 39.8 Å². The van der Waals surface area contributed by atoms with Crippen LogP contribution < -0.4 is 25.8 Å². The Balaban J connectivity index is 1.25. The van der Waals surface area contributed by atoms with Crippen molar-refractivity contribution in [2.45, 2.75) is 69.2 Å². The number of pyridine rings is 1. The zero-order chi connectivity index (χ0) is 25.3. The Morgan fingerprint density at radius 2 is 1.95 bits per heavy atom. The molecule has 4 aliphatic rings. The number of aromatic nitrogens is 3. The summed E-state index contributed by atoms with van der Waals surface area (Å²) >= 11 is 6.53. The maximum absolute atomic E-state index is 13.1. The van der Waals surface area contributed by atoms with Crippen LogP contribution in [0.5, 0.6) is 5.75 Å². The third-order valence-electron chi connectivity index (χ3n) is 8.48. The number of piperidine rings is 1. The van der Waals surface area contributed by atoms with Crippen molar-refractivity contribution >= 4 is 45.6 Å². The summed E-state index contributed by atoms with van der Waals surface area (Å²) in [6.45, 7) is 0.536. The average Bonchev–Trinajstić information content (AvgIpc) is 3.71. The molecule has 3 aliphatic heterocycles. The Kier molecular flexibility index (Phi) is 5.48. The van der Waals surface area contributed by atoms with Gasteiger partial charge < -0.3 is 29.9 Å². The highest BCUT2D eigenvalue weighted by atomic mass is 35.5. The van der Waals surface area contributed by atoms with E-state index in [2.05, 4.69) is 20.5 Å². The van der Waals surface area contributed by atoms with E-state index < -0.39 is 0 Å². The maximum Gasteiger partial charge on any atom is 0.295 e. The molecule has 0 amide bonds. The van der Waals surface area contributed by atoms with Gasteiger partial charge in [0.1, 0.15) is 5.02 Å². The summed E-state index contributed by atoms with van der Waals surface area (Å²) in [5, 5.41) is 18.6. The van der Waals surface area contributed by atoms with Gasteiger partial charge in [0, 0.05) is 42.7 Å². The van der Waals surface area contributed by atoms with Gasteiger partial charge in [-0.3, -0.25) is 4.79 Å². The number of fused-ring (bicyclic) bond motifs is 5. The zero-order valence-electron chi connectivity index (χ0n) is 20.8. The molecular formula is C27H31ClN6O3. The van der Waals surface area contributed by atoms with E-state index in [1.54, 1.807) is 17.8 Å². The molecule has 7 rings (SSSR count). The van der Waals surface area contributed by atoms with E-state index in [1.807, 2.05) is 18.2 Å². The Morgan fingerprint density at radius 3 is 2.70 bits per heavy atom. The summed E-state index contributed by atoms with van der Waals surface area (Å²) in [6, 6.07) is 6.73. The number of hydrogen-bond acceptors (Lipinski definition) is 8. The lowest BCUT2D eigenvalue weighted by Gasteiger charge is -2.37. The quantitative estimate of drug-likeness (QED) is 0.468. The molecule has 1 aromatic carbocycles. The molecule has 3 fully saturated rings. The first-order valence-corrected chi connectivity index (χ1v) is 13.7. The minimum absolute atomic E-state index is 0.128. The molecule has 3 atom stereocenters. The van der Waals surface area contributed by atoms with Gasteiger partial charge in [-0.1, -0.05) is 11.6 Å². The van der Waals surface area contributed by atoms with Gasteiger partial charge in [0.05, 0.1) is 30.1 Å². The van der Waals surface area contributed by atoms with Gasteiger partial charge in [0.15, 0.2) is 5.82 Å². The van der Waals surface area contributed by atoms with Crippen molar-refractivity contribution in [3.63, 3.8) is 0 Å². The standard InChI is InChI=1S/C27H31ClN6O3/c1-33-22-7-4-15(10-19(22)23-24(26(33)36)37-9-8-21(31-23)14-2-3-14)30-25-20(28)13-29-27(32-25)34-16-5-6-17(34)12-18(35)11-16/h4,7,10,13-14,16-18,21,31,35H,2-3,5-6,8-9,11-12H2,1H3,(H,29,30,32). The van der Waals surface area contributed by atoms with Crippen LogP contribution in [-0.4, -0.2) is 50.5 Å². The van der Waals surface area contributed by atoms with Crippen LogP contribution >= 0.6 is 11.6 Å². The first-order valence-electron chi connectivity index (χ1n) is 13.3. The van der Waals surface area contributed by atoms with Crippen LogP contribution in [0.15, 0.2) is 29.2 Å². The molecule has 10 heteroatoms. The molecule has 5 heterocycles. The number of aryl methyl sites for hydroxylation is 1. The number of halogens is 1. The van der Waals surface area contributed by atoms with Gasteiger partial charge in [-0.2, -0.15) is 4.98 Å². The van der Waals surface area contributed by atoms with E-state index in [-0.39, 0.29) is 23.7 Å². The Morgan fingerprint density at radius 1 is 1.16 bits per heavy atom. The molecule has 3 N–H and O–H groups in total. The normalized spacial score (nSPS) is 26.8. The lowest BCUT2D eigenvalue weighted by atomic mass is 10.0. The van der Waals surface area contributed by atoms with Gasteiger partial charge in [-0.25, -0.2) is 4.98 Å². The van der Waals surface area contributed by atoms with Crippen LogP contribution in [0.4, 0.5) is 23.1 Å². The second-order valence-corrected chi connectivity index (χ2v) is 11.3. The second-order valence-electron chi connectivity index (χ2n) is 10.9. The molecule has 1 aliphatic carbocycles. The van der Waals surface area contributed by atoms with Crippen molar-refractivity contribution in [1.29, 1.82) is 0 Å². The number of nitrogens with zero attached hydrogens (tertiary/aromatic N) is 4. The molecule has 0 radical (unpaired) electrons. The van der Waals surface area contributed by atoms with Crippen molar-refractivity contribution in [2.75, 3.05) is 22.1 Å². The van der Waals surface area contributed by atoms with Crippen molar-refractivity contribution in [3.8, 4) is 5.75 Å². The van der Waals surface area contributed by atoms with Gasteiger partial charge in [-0.15, -0.1) is 0 Å². The molecule has 0 spiro atoms. The topological polar surface area (TPSA) is 105 Å². The summed E-state index contributed by atoms with van der Waals surface area (Å²) in [5.41, 5.74) is 2.29. The summed E-state index contributed by atoms with van der Waals surface area (Å²) in [7, 11) is 1.78. The highest BCUT2D eigenvalue weighted by molar-refractivity contribution is 6.33. The minimum atomic E-state index is -0.251. The number of anilines is 4. The highest BCUT2D eigenvalue weighted by Gasteiger charge is 2.41. The van der Waals surface area contributed by atoms with Gasteiger partial charge in [-0.05, 0) is 62.6 Å². The Hall–Kier alpha value is -3.04. The summed E-state index contributed by atoms with van der Waals surface area (Å²) in [5.74, 6) is 2.21. The second kappa shape index (κ2) is 8.77. The van der Waals surface area contributed by atoms with E-state index in [1.165, 1.54) is 12.8 Å². The number of aliphatic hydroxyl groups is 1. The number of ether oxygens (including phenoxy) is 1. The lowest BCUT2D eigenvalue weighted by molar-refractivity contribution is 0.125. The monoisotopic (exact) mass is 522 g/mol. The van der Waals surface area contributed by atoms with Gasteiger partial charge in [0.25, 0.3) is 5.56 Å². The van der Waals surface area contributed by atoms with Crippen LogP contribution in [-0.2, 0) is 7.05 Å². The largest absolute Gasteiger partial charge is 0.486 e. The number of hydrogen-bond donors (Lipinski definition) is 3. The molecule has 2 saturated heterocycles. The molecule has 37 heavy (non-hydrogen) atoms. The first-order chi connectivity index (χ1) is 18.0. The van der Waals surface area contributed by atoms with Gasteiger partial charge >= 0.3 is 0 Å². The predicted molar refractivity (Wildman–Crippen MR) is 144 cm³/mol. The predicted octanol–water partition coefficient (Wildman–Crippen LogP) is 4.19. The van der Waals surface area contributed by atoms with Crippen molar-refractivity contribution in [1.82, 2.24) is 14.5 Å². The first kappa shape index (κ1) is 23.1. The minimum Gasteiger partial charge on any atom is -0.486 e. The molecule has 2 bridgehead atoms. The van der Waals surface area contributed by atoms with E-state index in [9.17, 15) is 9.90 Å². The fraction of sp³-hybridized carbons (Fsp3) is 0.519. The van der Waals surface area contributed by atoms with E-state index in [4.69, 9.17) is 21.3 Å². The molecule has 1 saturated carbocycles. The lowest BCUT2D eigenvalue weighted by Crippen LogP contribution is -2.45. The van der Waals surface area contributed by atoms with E-state index in [0.29, 0.717) is 41.1 Å². The molecule has 194 valence electrons. The third-order valence-corrected chi connectivity index (χ3v) is 8.76. The van der Waals surface area contributed by atoms with Crippen LogP contribution in [0.1, 0.15) is 44.9 Å². The summed E-state index contributed by atoms with van der Waals surface area (Å²) in [6.07, 6.45) is 8.29. The fourth-order valence-electron chi connectivity index (χ4n) is 6.45. The van der Waals surface area contributed by atoms with Crippen LogP contribution in [0.2, 0.25) is 5.02 Å². The molecular weight excluding hydrogens is 492 g/mol. The maximum atomic E-state index is 13.1. The van der Waals surface area contributed by atoms with Crippen molar-refractivity contribution < 1.29 is 9.84 Å².